The van der Waals surface area contributed by atoms with Crippen LogP contribution in [0.5, 0.6) is 0 Å². The Bertz CT molecular complexity index is 680. The summed E-state index contributed by atoms with van der Waals surface area (Å²) in [7, 11) is 1.62. The van der Waals surface area contributed by atoms with E-state index in [-0.39, 0.29) is 6.04 Å². The number of piperazine rings is 1. The lowest BCUT2D eigenvalue weighted by atomic mass is 9.98. The SMILES string of the molecule is COn1[c]c(C)c2c(C(C=O)N3CCNCC3C)cccc21. The monoisotopic (exact) mass is 300 g/mol. The maximum atomic E-state index is 11.9. The van der Waals surface area contributed by atoms with Gasteiger partial charge in [-0.2, -0.15) is 4.73 Å². The lowest BCUT2D eigenvalue weighted by Gasteiger charge is -2.38. The molecule has 2 aromatic rings. The fraction of sp³-hybridized carbons (Fsp3) is 0.471. The van der Waals surface area contributed by atoms with Crippen molar-refractivity contribution >= 4 is 17.2 Å². The van der Waals surface area contributed by atoms with Gasteiger partial charge in [0.25, 0.3) is 0 Å². The van der Waals surface area contributed by atoms with Gasteiger partial charge in [-0.3, -0.25) is 4.90 Å². The highest BCUT2D eigenvalue weighted by molar-refractivity contribution is 5.89. The zero-order valence-electron chi connectivity index (χ0n) is 13.3. The number of nitrogens with zero attached hydrogens (tertiary/aromatic N) is 2. The fourth-order valence-corrected chi connectivity index (χ4v) is 3.39. The third kappa shape index (κ3) is 2.40. The van der Waals surface area contributed by atoms with E-state index in [9.17, 15) is 4.79 Å². The molecule has 1 saturated heterocycles. The van der Waals surface area contributed by atoms with E-state index in [4.69, 9.17) is 4.84 Å². The summed E-state index contributed by atoms with van der Waals surface area (Å²) < 4.78 is 1.64. The fourth-order valence-electron chi connectivity index (χ4n) is 3.39. The van der Waals surface area contributed by atoms with Crippen LogP contribution in [0.3, 0.4) is 0 Å². The van der Waals surface area contributed by atoms with Gasteiger partial charge in [-0.15, -0.1) is 0 Å². The molecule has 0 saturated carbocycles. The second-order valence-electron chi connectivity index (χ2n) is 5.83. The first kappa shape index (κ1) is 15.1. The van der Waals surface area contributed by atoms with Crippen molar-refractivity contribution in [2.45, 2.75) is 25.9 Å². The summed E-state index contributed by atoms with van der Waals surface area (Å²) in [5.41, 5.74) is 2.99. The Morgan fingerprint density at radius 1 is 1.50 bits per heavy atom. The van der Waals surface area contributed by atoms with Crippen molar-refractivity contribution in [1.29, 1.82) is 0 Å². The maximum absolute atomic E-state index is 11.9. The van der Waals surface area contributed by atoms with Crippen LogP contribution in [-0.4, -0.2) is 48.7 Å². The highest BCUT2D eigenvalue weighted by atomic mass is 16.6. The van der Waals surface area contributed by atoms with Crippen LogP contribution in [0.15, 0.2) is 18.2 Å². The van der Waals surface area contributed by atoms with Gasteiger partial charge < -0.3 is 14.9 Å². The molecule has 3 rings (SSSR count). The third-order valence-corrected chi connectivity index (χ3v) is 4.48. The molecule has 22 heavy (non-hydrogen) atoms. The Morgan fingerprint density at radius 2 is 2.32 bits per heavy atom. The molecule has 1 aromatic carbocycles. The van der Waals surface area contributed by atoms with Crippen molar-refractivity contribution in [3.8, 4) is 0 Å². The van der Waals surface area contributed by atoms with E-state index < -0.39 is 0 Å². The molecule has 0 bridgehead atoms. The molecule has 1 aromatic heterocycles. The predicted molar refractivity (Wildman–Crippen MR) is 85.9 cm³/mol. The van der Waals surface area contributed by atoms with Crippen LogP contribution >= 0.6 is 0 Å². The number of nitrogens with one attached hydrogen (secondary N) is 1. The number of hydrogen-bond donors (Lipinski definition) is 1. The number of aryl methyl sites for hydroxylation is 1. The quantitative estimate of drug-likeness (QED) is 0.866. The summed E-state index contributed by atoms with van der Waals surface area (Å²) in [5.74, 6) is 0. The minimum atomic E-state index is -0.236. The van der Waals surface area contributed by atoms with Crippen LogP contribution in [0.1, 0.15) is 24.1 Å². The van der Waals surface area contributed by atoms with Crippen LogP contribution in [0.4, 0.5) is 0 Å². The van der Waals surface area contributed by atoms with Gasteiger partial charge in [0, 0.05) is 31.1 Å². The molecule has 2 atom stereocenters. The molecule has 5 nitrogen and oxygen atoms in total. The molecule has 2 unspecified atom stereocenters. The number of carbonyl (C=O) groups excluding carboxylic acids is 1. The number of hydrogen-bond acceptors (Lipinski definition) is 4. The van der Waals surface area contributed by atoms with Gasteiger partial charge in [0.1, 0.15) is 19.6 Å². The maximum Gasteiger partial charge on any atom is 0.141 e. The lowest BCUT2D eigenvalue weighted by molar-refractivity contribution is -0.113. The first-order chi connectivity index (χ1) is 10.7. The van der Waals surface area contributed by atoms with E-state index in [1.807, 2.05) is 25.1 Å². The Balaban J connectivity index is 2.11. The molecule has 1 fully saturated rings. The first-order valence-corrected chi connectivity index (χ1v) is 7.67. The van der Waals surface area contributed by atoms with Crippen LogP contribution in [-0.2, 0) is 4.79 Å². The normalized spacial score (nSPS) is 21.0. The zero-order chi connectivity index (χ0) is 15.7. The van der Waals surface area contributed by atoms with Crippen molar-refractivity contribution in [1.82, 2.24) is 14.9 Å². The molecule has 1 aliphatic rings. The number of rotatable bonds is 4. The Kier molecular flexibility index (Phi) is 4.18. The molecule has 1 radical (unpaired) electrons. The van der Waals surface area contributed by atoms with Crippen LogP contribution in [0.2, 0.25) is 0 Å². The number of benzene rings is 1. The smallest absolute Gasteiger partial charge is 0.141 e. The van der Waals surface area contributed by atoms with Crippen LogP contribution in [0, 0.1) is 13.1 Å². The minimum Gasteiger partial charge on any atom is -0.416 e. The molecular formula is C17H22N3O2. The highest BCUT2D eigenvalue weighted by Crippen LogP contribution is 2.31. The summed E-state index contributed by atoms with van der Waals surface area (Å²) in [6.07, 6.45) is 4.24. The largest absolute Gasteiger partial charge is 0.416 e. The molecule has 0 aliphatic carbocycles. The third-order valence-electron chi connectivity index (χ3n) is 4.48. The van der Waals surface area contributed by atoms with Crippen molar-refractivity contribution < 1.29 is 9.63 Å². The standard InChI is InChI=1S/C17H22N3O2/c1-12-10-20(22-3)15-6-4-5-14(17(12)15)16(11-21)19-8-7-18-9-13(19)2/h4-6,11,13,16,18H,7-9H2,1-3H3. The number of fused-ring (bicyclic) bond motifs is 1. The summed E-state index contributed by atoms with van der Waals surface area (Å²) in [5, 5.41) is 4.43. The number of aromatic nitrogens is 1. The Morgan fingerprint density at radius 3 is 3.00 bits per heavy atom. The Hall–Kier alpha value is -1.85. The van der Waals surface area contributed by atoms with Crippen LogP contribution in [0.25, 0.3) is 10.9 Å². The van der Waals surface area contributed by atoms with Crippen molar-refractivity contribution in [3.05, 3.63) is 35.5 Å². The summed E-state index contributed by atoms with van der Waals surface area (Å²) in [6.45, 7) is 6.85. The molecule has 2 heterocycles. The molecular weight excluding hydrogens is 278 g/mol. The van der Waals surface area contributed by atoms with Crippen LogP contribution < -0.4 is 10.2 Å². The molecule has 5 heteroatoms. The topological polar surface area (TPSA) is 46.5 Å². The van der Waals surface area contributed by atoms with E-state index in [1.165, 1.54) is 0 Å². The Labute approximate surface area is 130 Å². The molecule has 0 amide bonds. The highest BCUT2D eigenvalue weighted by Gasteiger charge is 2.28. The van der Waals surface area contributed by atoms with Gasteiger partial charge in [-0.05, 0) is 31.0 Å². The van der Waals surface area contributed by atoms with Gasteiger partial charge in [0.05, 0.1) is 11.6 Å². The molecule has 1 N–H and O–H groups in total. The second kappa shape index (κ2) is 6.10. The van der Waals surface area contributed by atoms with Crippen molar-refractivity contribution in [3.63, 3.8) is 0 Å². The van der Waals surface area contributed by atoms with Gasteiger partial charge >= 0.3 is 0 Å². The summed E-state index contributed by atoms with van der Waals surface area (Å²) in [4.78, 5) is 19.5. The van der Waals surface area contributed by atoms with Gasteiger partial charge in [-0.25, -0.2) is 0 Å². The second-order valence-corrected chi connectivity index (χ2v) is 5.83. The number of carbonyl (C=O) groups is 1. The average Bonchev–Trinajstić information content (AvgIpc) is 2.87. The van der Waals surface area contributed by atoms with Crippen molar-refractivity contribution in [2.75, 3.05) is 26.7 Å². The van der Waals surface area contributed by atoms with E-state index in [0.29, 0.717) is 6.04 Å². The minimum absolute atomic E-state index is 0.236. The summed E-state index contributed by atoms with van der Waals surface area (Å²) >= 11 is 0. The first-order valence-electron chi connectivity index (χ1n) is 7.67. The van der Waals surface area contributed by atoms with Gasteiger partial charge in [0.2, 0.25) is 0 Å². The lowest BCUT2D eigenvalue weighted by Crippen LogP contribution is -2.51. The van der Waals surface area contributed by atoms with Crippen molar-refractivity contribution in [2.24, 2.45) is 0 Å². The molecule has 1 aliphatic heterocycles. The molecule has 0 spiro atoms. The average molecular weight is 300 g/mol. The van der Waals surface area contributed by atoms with E-state index >= 15 is 0 Å². The predicted octanol–water partition coefficient (Wildman–Crippen LogP) is 1.34. The van der Waals surface area contributed by atoms with E-state index in [0.717, 1.165) is 48.0 Å². The zero-order valence-corrected chi connectivity index (χ0v) is 13.3. The van der Waals surface area contributed by atoms with E-state index in [2.05, 4.69) is 23.3 Å². The van der Waals surface area contributed by atoms with E-state index in [1.54, 1.807) is 11.8 Å². The van der Waals surface area contributed by atoms with Gasteiger partial charge in [0.15, 0.2) is 0 Å². The van der Waals surface area contributed by atoms with Gasteiger partial charge in [-0.1, -0.05) is 12.1 Å². The molecule has 117 valence electrons. The number of aldehydes is 1. The summed E-state index contributed by atoms with van der Waals surface area (Å²) in [6, 6.07) is 6.10.